The number of nitrogen functional groups attached to an aromatic ring is 1. The van der Waals surface area contributed by atoms with Gasteiger partial charge in [0.2, 0.25) is 0 Å². The summed E-state index contributed by atoms with van der Waals surface area (Å²) in [6, 6.07) is 3.45. The van der Waals surface area contributed by atoms with Gasteiger partial charge in [0, 0.05) is 22.7 Å². The Kier molecular flexibility index (Phi) is 4.99. The van der Waals surface area contributed by atoms with Crippen molar-refractivity contribution in [2.45, 2.75) is 24.2 Å². The zero-order valence-corrected chi connectivity index (χ0v) is 16.6. The monoisotopic (exact) mass is 417 g/mol. The van der Waals surface area contributed by atoms with Crippen LogP contribution in [-0.2, 0) is 0 Å². The molecule has 0 saturated heterocycles. The van der Waals surface area contributed by atoms with Crippen molar-refractivity contribution in [2.24, 2.45) is 0 Å². The molecule has 0 atom stereocenters. The minimum atomic E-state index is -0.512. The number of thioether (sulfide) groups is 1. The number of hydrogen-bond acceptors (Lipinski definition) is 5. The lowest BCUT2D eigenvalue weighted by Gasteiger charge is -2.11. The van der Waals surface area contributed by atoms with Crippen molar-refractivity contribution >= 4 is 52.0 Å². The molecule has 0 spiro atoms. The number of fused-ring (bicyclic) bond motifs is 2. The van der Waals surface area contributed by atoms with Crippen molar-refractivity contribution in [3.63, 3.8) is 0 Å². The fourth-order valence-corrected chi connectivity index (χ4v) is 3.91. The lowest BCUT2D eigenvalue weighted by Crippen LogP contribution is -1.96. The number of H-pyrrole nitrogens is 1. The highest BCUT2D eigenvalue weighted by Crippen LogP contribution is 2.41. The highest BCUT2D eigenvalue weighted by Gasteiger charge is 2.21. The van der Waals surface area contributed by atoms with Crippen molar-refractivity contribution in [1.82, 2.24) is 19.6 Å². The number of hydrogen-bond donors (Lipinski definition) is 2. The van der Waals surface area contributed by atoms with Crippen LogP contribution in [0.15, 0.2) is 29.4 Å². The van der Waals surface area contributed by atoms with Gasteiger partial charge in [0.15, 0.2) is 17.9 Å². The van der Waals surface area contributed by atoms with Crippen LogP contribution in [0.25, 0.3) is 27.7 Å². The molecule has 3 heterocycles. The number of nitrogens with zero attached hydrogens (tertiary/aromatic N) is 3. The summed E-state index contributed by atoms with van der Waals surface area (Å²) >= 11 is 7.58. The highest BCUT2D eigenvalue weighted by molar-refractivity contribution is 7.98. The van der Waals surface area contributed by atoms with Gasteiger partial charge in [-0.1, -0.05) is 30.9 Å². The molecule has 1 fully saturated rings. The number of rotatable bonds is 3. The van der Waals surface area contributed by atoms with Crippen LogP contribution >= 0.6 is 23.4 Å². The van der Waals surface area contributed by atoms with Gasteiger partial charge in [-0.3, -0.25) is 14.3 Å². The Bertz CT molecular complexity index is 1200. The van der Waals surface area contributed by atoms with Crippen LogP contribution in [0.1, 0.15) is 29.8 Å². The minimum absolute atomic E-state index is 0.00154. The van der Waals surface area contributed by atoms with Crippen molar-refractivity contribution in [3.8, 4) is 11.1 Å². The molecule has 5 rings (SSSR count). The van der Waals surface area contributed by atoms with Gasteiger partial charge in [-0.2, -0.15) is 5.10 Å². The van der Waals surface area contributed by atoms with E-state index in [0.717, 1.165) is 0 Å². The van der Waals surface area contributed by atoms with Crippen molar-refractivity contribution in [3.05, 3.63) is 41.1 Å². The largest absolute Gasteiger partial charge is 0.382 e. The minimum Gasteiger partial charge on any atom is -0.382 e. The second kappa shape index (κ2) is 7.44. The summed E-state index contributed by atoms with van der Waals surface area (Å²) in [5.74, 6) is -0.377. The number of carbonyl (C=O) groups is 1. The molecule has 3 N–H and O–H groups in total. The first-order valence-corrected chi connectivity index (χ1v) is 10.3. The normalized spacial score (nSPS) is 12.8. The summed E-state index contributed by atoms with van der Waals surface area (Å²) in [6.45, 7) is 0. The number of carbonyl (C=O) groups excluding carboxylic acids is 1. The number of nitrogens with one attached hydrogen (secondary N) is 1. The van der Waals surface area contributed by atoms with Crippen LogP contribution in [0.3, 0.4) is 0 Å². The summed E-state index contributed by atoms with van der Waals surface area (Å²) in [6.07, 6.45) is 10.2. The molecular weight excluding hydrogens is 401 g/mol. The second-order valence-corrected chi connectivity index (χ2v) is 7.60. The molecule has 9 heteroatoms. The van der Waals surface area contributed by atoms with E-state index in [0.29, 0.717) is 38.9 Å². The molecular formula is C19H17ClFN5OS. The number of halogens is 2. The van der Waals surface area contributed by atoms with E-state index >= 15 is 0 Å². The molecule has 0 unspecified atom stereocenters. The van der Waals surface area contributed by atoms with E-state index in [-0.39, 0.29) is 16.5 Å². The number of nitrogens with two attached hydrogens (primary N) is 1. The Morgan fingerprint density at radius 2 is 2.11 bits per heavy atom. The van der Waals surface area contributed by atoms with Crippen LogP contribution < -0.4 is 5.73 Å². The molecule has 1 saturated carbocycles. The predicted molar refractivity (Wildman–Crippen MR) is 111 cm³/mol. The van der Waals surface area contributed by atoms with Crippen LogP contribution in [-0.4, -0.2) is 32.1 Å². The maximum Gasteiger partial charge on any atom is 0.170 e. The summed E-state index contributed by atoms with van der Waals surface area (Å²) in [5.41, 5.74) is 8.19. The quantitative estimate of drug-likeness (QED) is 0.363. The summed E-state index contributed by atoms with van der Waals surface area (Å²) in [5, 5.41) is 7.52. The lowest BCUT2D eigenvalue weighted by molar-refractivity contribution is 0.111. The van der Waals surface area contributed by atoms with Gasteiger partial charge < -0.3 is 5.73 Å². The van der Waals surface area contributed by atoms with E-state index in [1.807, 2.05) is 0 Å². The SMILES string of the molecule is C1CC1.CSc1c(F)c(Cl)c(-c2ccc3nc(N)c(C=O)n3c2)c2cn[nH]c12. The number of imidazole rings is 1. The van der Waals surface area contributed by atoms with E-state index in [1.54, 1.807) is 35.2 Å². The molecule has 0 aliphatic heterocycles. The first-order valence-electron chi connectivity index (χ1n) is 8.68. The number of aromatic nitrogens is 4. The van der Waals surface area contributed by atoms with Crippen LogP contribution in [0.4, 0.5) is 10.2 Å². The smallest absolute Gasteiger partial charge is 0.170 e. The number of anilines is 1. The van der Waals surface area contributed by atoms with Gasteiger partial charge in [0.25, 0.3) is 0 Å². The molecule has 1 aliphatic rings. The lowest BCUT2D eigenvalue weighted by atomic mass is 10.0. The van der Waals surface area contributed by atoms with Crippen molar-refractivity contribution in [1.29, 1.82) is 0 Å². The molecule has 6 nitrogen and oxygen atoms in total. The van der Waals surface area contributed by atoms with E-state index in [2.05, 4.69) is 15.2 Å². The Morgan fingerprint density at radius 3 is 2.75 bits per heavy atom. The van der Waals surface area contributed by atoms with E-state index < -0.39 is 5.82 Å². The molecule has 1 aromatic carbocycles. The third-order valence-corrected chi connectivity index (χ3v) is 5.54. The molecule has 28 heavy (non-hydrogen) atoms. The number of benzene rings is 1. The van der Waals surface area contributed by atoms with E-state index in [1.165, 1.54) is 31.0 Å². The Morgan fingerprint density at radius 1 is 1.36 bits per heavy atom. The molecule has 0 radical (unpaired) electrons. The van der Waals surface area contributed by atoms with Crippen molar-refractivity contribution < 1.29 is 9.18 Å². The maximum absolute atomic E-state index is 14.7. The fraction of sp³-hybridized carbons (Fsp3) is 0.211. The summed E-state index contributed by atoms with van der Waals surface area (Å²) in [4.78, 5) is 15.8. The molecule has 1 aliphatic carbocycles. The third kappa shape index (κ3) is 3.12. The zero-order valence-electron chi connectivity index (χ0n) is 15.0. The van der Waals surface area contributed by atoms with Crippen LogP contribution in [0.5, 0.6) is 0 Å². The van der Waals surface area contributed by atoms with Crippen LogP contribution in [0.2, 0.25) is 5.02 Å². The highest BCUT2D eigenvalue weighted by atomic mass is 35.5. The number of aromatic amines is 1. The fourth-order valence-electron chi connectivity index (χ4n) is 2.91. The third-order valence-electron chi connectivity index (χ3n) is 4.39. The van der Waals surface area contributed by atoms with Gasteiger partial charge >= 0.3 is 0 Å². The average Bonchev–Trinajstić information content (AvgIpc) is 3.44. The number of aldehydes is 1. The van der Waals surface area contributed by atoms with Gasteiger partial charge in [-0.25, -0.2) is 9.37 Å². The maximum atomic E-state index is 14.7. The Hall–Kier alpha value is -2.58. The van der Waals surface area contributed by atoms with Crippen molar-refractivity contribution in [2.75, 3.05) is 12.0 Å². The zero-order chi connectivity index (χ0) is 19.8. The average molecular weight is 418 g/mol. The molecule has 0 amide bonds. The standard InChI is InChI=1S/C16H11ClFN5OS.C3H6/c1-25-15-13(18)12(17)11(8-4-20-22-14(8)15)7-2-3-10-21-16(19)9(6-24)23(10)5-7;1-2-3-1/h2-6H,19H2,1H3,(H,20,22);1-3H2. The van der Waals surface area contributed by atoms with E-state index in [9.17, 15) is 9.18 Å². The first kappa shape index (κ1) is 18.8. The van der Waals surface area contributed by atoms with Gasteiger partial charge in [0.1, 0.15) is 11.3 Å². The predicted octanol–water partition coefficient (Wildman–Crippen LogP) is 4.96. The molecule has 4 aromatic rings. The van der Waals surface area contributed by atoms with Crippen LogP contribution in [0, 0.1) is 5.82 Å². The second-order valence-electron chi connectivity index (χ2n) is 6.40. The van der Waals surface area contributed by atoms with Gasteiger partial charge in [0.05, 0.1) is 21.6 Å². The van der Waals surface area contributed by atoms with E-state index in [4.69, 9.17) is 17.3 Å². The Balaban J connectivity index is 0.000000586. The molecule has 0 bridgehead atoms. The molecule has 144 valence electrons. The Labute approximate surface area is 169 Å². The van der Waals surface area contributed by atoms with Gasteiger partial charge in [-0.05, 0) is 18.4 Å². The first-order chi connectivity index (χ1) is 13.6. The summed E-state index contributed by atoms with van der Waals surface area (Å²) < 4.78 is 16.3. The summed E-state index contributed by atoms with van der Waals surface area (Å²) in [7, 11) is 0. The number of pyridine rings is 1. The molecule has 3 aromatic heterocycles. The van der Waals surface area contributed by atoms with Gasteiger partial charge in [-0.15, -0.1) is 11.8 Å². The topological polar surface area (TPSA) is 89.1 Å².